The van der Waals surface area contributed by atoms with Crippen molar-refractivity contribution in [3.63, 3.8) is 0 Å². The molecule has 72 valence electrons. The van der Waals surface area contributed by atoms with Crippen LogP contribution < -0.4 is 0 Å². The second-order valence-electron chi connectivity index (χ2n) is 3.56. The van der Waals surface area contributed by atoms with Crippen molar-refractivity contribution in [3.8, 4) is 0 Å². The molecular formula is C10H14O2S. The smallest absolute Gasteiger partial charge is 0.0935 e. The highest BCUT2D eigenvalue weighted by molar-refractivity contribution is 7.10. The minimum Gasteiger partial charge on any atom is -0.396 e. The third-order valence-electron chi connectivity index (χ3n) is 2.65. The molecule has 1 aliphatic heterocycles. The summed E-state index contributed by atoms with van der Waals surface area (Å²) < 4.78 is 5.74. The van der Waals surface area contributed by atoms with Crippen LogP contribution in [0.3, 0.4) is 0 Å². The lowest BCUT2D eigenvalue weighted by molar-refractivity contribution is -0.0595. The summed E-state index contributed by atoms with van der Waals surface area (Å²) in [4.78, 5) is 1.42. The van der Waals surface area contributed by atoms with Crippen LogP contribution in [0.5, 0.6) is 0 Å². The third kappa shape index (κ3) is 1.52. The molecule has 1 aromatic rings. The summed E-state index contributed by atoms with van der Waals surface area (Å²) in [7, 11) is 0. The molecule has 0 saturated carbocycles. The topological polar surface area (TPSA) is 29.5 Å². The summed E-state index contributed by atoms with van der Waals surface area (Å²) >= 11 is 1.79. The molecular weight excluding hydrogens is 184 g/mol. The highest BCUT2D eigenvalue weighted by atomic mass is 32.1. The van der Waals surface area contributed by atoms with Crippen LogP contribution in [0.4, 0.5) is 0 Å². The van der Waals surface area contributed by atoms with Gasteiger partial charge in [-0.05, 0) is 23.9 Å². The fourth-order valence-corrected chi connectivity index (χ4v) is 2.85. The number of ether oxygens (including phenoxy) is 1. The monoisotopic (exact) mass is 198 g/mol. The number of aliphatic hydroxyl groups is 1. The van der Waals surface area contributed by atoms with Crippen molar-refractivity contribution in [2.24, 2.45) is 0 Å². The van der Waals surface area contributed by atoms with Crippen LogP contribution in [-0.4, -0.2) is 18.3 Å². The number of aliphatic hydroxyl groups excluding tert-OH is 1. The third-order valence-corrected chi connectivity index (χ3v) is 3.63. The van der Waals surface area contributed by atoms with E-state index in [2.05, 4.69) is 18.4 Å². The maximum absolute atomic E-state index is 8.97. The Kier molecular flexibility index (Phi) is 2.41. The van der Waals surface area contributed by atoms with E-state index in [1.165, 1.54) is 10.4 Å². The van der Waals surface area contributed by atoms with Crippen LogP contribution in [0.1, 0.15) is 23.8 Å². The van der Waals surface area contributed by atoms with Crippen LogP contribution in [0, 0.1) is 0 Å². The standard InChI is InChI=1S/C10H14O2S/c1-10(4-5-11)8-3-7-13-9(8)2-6-12-10/h3,7,11H,2,4-6H2,1H3. The zero-order chi connectivity index (χ0) is 9.31. The quantitative estimate of drug-likeness (QED) is 0.786. The van der Waals surface area contributed by atoms with Crippen molar-refractivity contribution < 1.29 is 9.84 Å². The van der Waals surface area contributed by atoms with Gasteiger partial charge in [0.1, 0.15) is 0 Å². The molecule has 0 aliphatic carbocycles. The van der Waals surface area contributed by atoms with Crippen molar-refractivity contribution in [1.29, 1.82) is 0 Å². The summed E-state index contributed by atoms with van der Waals surface area (Å²) in [5.74, 6) is 0. The lowest BCUT2D eigenvalue weighted by Crippen LogP contribution is -2.32. The van der Waals surface area contributed by atoms with Crippen LogP contribution in [0.25, 0.3) is 0 Å². The average Bonchev–Trinajstić information content (AvgIpc) is 2.54. The molecule has 0 bridgehead atoms. The Morgan fingerprint density at radius 3 is 3.31 bits per heavy atom. The highest BCUT2D eigenvalue weighted by Gasteiger charge is 2.33. The van der Waals surface area contributed by atoms with Gasteiger partial charge in [-0.1, -0.05) is 0 Å². The summed E-state index contributed by atoms with van der Waals surface area (Å²) in [6.07, 6.45) is 1.71. The highest BCUT2D eigenvalue weighted by Crippen LogP contribution is 2.37. The van der Waals surface area contributed by atoms with Gasteiger partial charge in [0.25, 0.3) is 0 Å². The number of hydrogen-bond acceptors (Lipinski definition) is 3. The minimum atomic E-state index is -0.248. The van der Waals surface area contributed by atoms with Gasteiger partial charge in [0.15, 0.2) is 0 Å². The minimum absolute atomic E-state index is 0.186. The predicted octanol–water partition coefficient (Wildman–Crippen LogP) is 1.92. The zero-order valence-electron chi connectivity index (χ0n) is 7.75. The van der Waals surface area contributed by atoms with Gasteiger partial charge in [-0.3, -0.25) is 0 Å². The van der Waals surface area contributed by atoms with Gasteiger partial charge in [0.2, 0.25) is 0 Å². The molecule has 0 radical (unpaired) electrons. The number of thiophene rings is 1. The van der Waals surface area contributed by atoms with Gasteiger partial charge in [-0.25, -0.2) is 0 Å². The molecule has 1 unspecified atom stereocenters. The molecule has 0 aromatic carbocycles. The van der Waals surface area contributed by atoms with Gasteiger partial charge in [0.05, 0.1) is 12.2 Å². The maximum atomic E-state index is 8.97. The van der Waals surface area contributed by atoms with Crippen LogP contribution >= 0.6 is 11.3 Å². The lowest BCUT2D eigenvalue weighted by Gasteiger charge is -2.33. The molecule has 2 nitrogen and oxygen atoms in total. The maximum Gasteiger partial charge on any atom is 0.0935 e. The van der Waals surface area contributed by atoms with Gasteiger partial charge >= 0.3 is 0 Å². The summed E-state index contributed by atoms with van der Waals surface area (Å²) in [6, 6.07) is 2.12. The zero-order valence-corrected chi connectivity index (χ0v) is 8.56. The van der Waals surface area contributed by atoms with E-state index in [1.807, 2.05) is 0 Å². The molecule has 3 heteroatoms. The molecule has 2 heterocycles. The van der Waals surface area contributed by atoms with Gasteiger partial charge in [-0.2, -0.15) is 0 Å². The first-order chi connectivity index (χ1) is 6.26. The molecule has 1 atom stereocenters. The fourth-order valence-electron chi connectivity index (χ4n) is 1.87. The molecule has 1 aliphatic rings. The molecule has 0 amide bonds. The first-order valence-corrected chi connectivity index (χ1v) is 5.46. The van der Waals surface area contributed by atoms with Crippen molar-refractivity contribution in [2.75, 3.05) is 13.2 Å². The molecule has 2 rings (SSSR count). The molecule has 1 aromatic heterocycles. The molecule has 0 saturated heterocycles. The Balaban J connectivity index is 2.33. The van der Waals surface area contributed by atoms with E-state index in [4.69, 9.17) is 9.84 Å². The molecule has 1 N–H and O–H groups in total. The lowest BCUT2D eigenvalue weighted by atomic mass is 9.90. The SMILES string of the molecule is CC1(CCO)OCCc2sccc21. The van der Waals surface area contributed by atoms with E-state index in [0.29, 0.717) is 6.42 Å². The molecule has 13 heavy (non-hydrogen) atoms. The Labute approximate surface area is 82.2 Å². The Morgan fingerprint density at radius 2 is 2.54 bits per heavy atom. The van der Waals surface area contributed by atoms with Crippen LogP contribution in [0.15, 0.2) is 11.4 Å². The van der Waals surface area contributed by atoms with Crippen LogP contribution in [-0.2, 0) is 16.8 Å². The average molecular weight is 198 g/mol. The number of rotatable bonds is 2. The largest absolute Gasteiger partial charge is 0.396 e. The normalized spacial score (nSPS) is 27.2. The van der Waals surface area contributed by atoms with Crippen molar-refractivity contribution >= 4 is 11.3 Å². The van der Waals surface area contributed by atoms with Crippen molar-refractivity contribution in [2.45, 2.75) is 25.4 Å². The Bertz CT molecular complexity index is 295. The van der Waals surface area contributed by atoms with E-state index in [0.717, 1.165) is 13.0 Å². The molecule has 0 spiro atoms. The van der Waals surface area contributed by atoms with E-state index in [-0.39, 0.29) is 12.2 Å². The van der Waals surface area contributed by atoms with Gasteiger partial charge < -0.3 is 9.84 Å². The van der Waals surface area contributed by atoms with E-state index < -0.39 is 0 Å². The van der Waals surface area contributed by atoms with E-state index in [9.17, 15) is 0 Å². The fraction of sp³-hybridized carbons (Fsp3) is 0.600. The van der Waals surface area contributed by atoms with Gasteiger partial charge in [-0.15, -0.1) is 11.3 Å². The summed E-state index contributed by atoms with van der Waals surface area (Å²) in [5, 5.41) is 11.1. The first kappa shape index (κ1) is 9.19. The van der Waals surface area contributed by atoms with E-state index >= 15 is 0 Å². The first-order valence-electron chi connectivity index (χ1n) is 4.58. The predicted molar refractivity (Wildman–Crippen MR) is 53.0 cm³/mol. The Hall–Kier alpha value is -0.380. The van der Waals surface area contributed by atoms with Gasteiger partial charge in [0, 0.05) is 24.3 Å². The summed E-state index contributed by atoms with van der Waals surface area (Å²) in [6.45, 7) is 3.03. The number of hydrogen-bond donors (Lipinski definition) is 1. The Morgan fingerprint density at radius 1 is 1.69 bits per heavy atom. The second kappa shape index (κ2) is 3.40. The summed E-state index contributed by atoms with van der Waals surface area (Å²) in [5.41, 5.74) is 1.03. The van der Waals surface area contributed by atoms with E-state index in [1.54, 1.807) is 11.3 Å². The van der Waals surface area contributed by atoms with Crippen molar-refractivity contribution in [3.05, 3.63) is 21.9 Å². The molecule has 0 fully saturated rings. The second-order valence-corrected chi connectivity index (χ2v) is 4.56. The van der Waals surface area contributed by atoms with Crippen molar-refractivity contribution in [1.82, 2.24) is 0 Å². The number of fused-ring (bicyclic) bond motifs is 1. The van der Waals surface area contributed by atoms with Crippen LogP contribution in [0.2, 0.25) is 0 Å².